The fourth-order valence-electron chi connectivity index (χ4n) is 4.43. The maximum atomic E-state index is 11.7. The lowest BCUT2D eigenvalue weighted by atomic mass is 9.77. The monoisotopic (exact) mass is 416 g/mol. The second-order valence-electron chi connectivity index (χ2n) is 9.95. The van der Waals surface area contributed by atoms with Crippen LogP contribution in [0.4, 0.5) is 0 Å². The molecular formula is C24H37BO5. The molecule has 0 spiro atoms. The molecule has 0 radical (unpaired) electrons. The molecule has 2 fully saturated rings. The van der Waals surface area contributed by atoms with E-state index in [-0.39, 0.29) is 48.5 Å². The molecule has 2 aliphatic rings. The van der Waals surface area contributed by atoms with Crippen molar-refractivity contribution in [2.24, 2.45) is 11.8 Å². The molecule has 0 N–H and O–H groups in total. The molecule has 2 aliphatic heterocycles. The molecule has 30 heavy (non-hydrogen) atoms. The predicted molar refractivity (Wildman–Crippen MR) is 119 cm³/mol. The summed E-state index contributed by atoms with van der Waals surface area (Å²) < 4.78 is 24.4. The average Bonchev–Trinajstić information content (AvgIpc) is 2.89. The third kappa shape index (κ3) is 4.61. The third-order valence-electron chi connectivity index (χ3n) is 7.30. The Labute approximate surface area is 181 Å². The van der Waals surface area contributed by atoms with Crippen molar-refractivity contribution in [3.63, 3.8) is 0 Å². The van der Waals surface area contributed by atoms with Crippen LogP contribution < -0.4 is 5.46 Å². The van der Waals surface area contributed by atoms with E-state index < -0.39 is 0 Å². The number of hydrogen-bond acceptors (Lipinski definition) is 5. The quantitative estimate of drug-likeness (QED) is 0.538. The Hall–Kier alpha value is -1.37. The summed E-state index contributed by atoms with van der Waals surface area (Å²) >= 11 is 0. The van der Waals surface area contributed by atoms with Crippen molar-refractivity contribution in [3.8, 4) is 0 Å². The number of hydrogen-bond donors (Lipinski definition) is 0. The molecule has 1 aromatic rings. The zero-order chi connectivity index (χ0) is 22.3. The highest BCUT2D eigenvalue weighted by Gasteiger charge is 2.51. The molecule has 0 aromatic heterocycles. The van der Waals surface area contributed by atoms with Gasteiger partial charge in [-0.1, -0.05) is 45.0 Å². The molecule has 2 saturated heterocycles. The molecule has 5 nitrogen and oxygen atoms in total. The van der Waals surface area contributed by atoms with Crippen molar-refractivity contribution in [2.75, 3.05) is 0 Å². The Morgan fingerprint density at radius 1 is 1.00 bits per heavy atom. The Bertz CT molecular complexity index is 728. The maximum Gasteiger partial charge on any atom is 0.494 e. The zero-order valence-electron chi connectivity index (χ0n) is 19.7. The van der Waals surface area contributed by atoms with Gasteiger partial charge in [-0.2, -0.15) is 0 Å². The Kier molecular flexibility index (Phi) is 6.71. The fourth-order valence-corrected chi connectivity index (χ4v) is 4.43. The predicted octanol–water partition coefficient (Wildman–Crippen LogP) is 3.91. The van der Waals surface area contributed by atoms with Crippen molar-refractivity contribution >= 4 is 18.6 Å². The SMILES string of the molecule is CC[C@H]1O[C@H](Cc2ccc(B3OC(C)(C)C(C)(C)O3)cc2)[C@@H](OC(C)=O)[C@@H](C)[C@@H]1C. The van der Waals surface area contributed by atoms with Gasteiger partial charge in [-0.25, -0.2) is 0 Å². The van der Waals surface area contributed by atoms with Gasteiger partial charge in [-0.05, 0) is 51.1 Å². The number of benzene rings is 1. The van der Waals surface area contributed by atoms with E-state index in [1.165, 1.54) is 6.92 Å². The first kappa shape index (κ1) is 23.3. The fraction of sp³-hybridized carbons (Fsp3) is 0.708. The molecule has 0 amide bonds. The zero-order valence-corrected chi connectivity index (χ0v) is 19.7. The molecular weight excluding hydrogens is 379 g/mol. The highest BCUT2D eigenvalue weighted by molar-refractivity contribution is 6.62. The van der Waals surface area contributed by atoms with E-state index >= 15 is 0 Å². The number of ether oxygens (including phenoxy) is 2. The molecule has 1 aromatic carbocycles. The smallest absolute Gasteiger partial charge is 0.459 e. The van der Waals surface area contributed by atoms with Crippen LogP contribution in [0.3, 0.4) is 0 Å². The second-order valence-corrected chi connectivity index (χ2v) is 9.95. The summed E-state index contributed by atoms with van der Waals surface area (Å²) in [5.41, 5.74) is 1.44. The molecule has 5 atom stereocenters. The molecule has 0 aliphatic carbocycles. The lowest BCUT2D eigenvalue weighted by Crippen LogP contribution is -2.51. The van der Waals surface area contributed by atoms with Gasteiger partial charge >= 0.3 is 13.1 Å². The third-order valence-corrected chi connectivity index (χ3v) is 7.30. The van der Waals surface area contributed by atoms with Crippen LogP contribution >= 0.6 is 0 Å². The molecule has 6 heteroatoms. The average molecular weight is 416 g/mol. The van der Waals surface area contributed by atoms with Crippen molar-refractivity contribution in [1.29, 1.82) is 0 Å². The van der Waals surface area contributed by atoms with Crippen LogP contribution in [0.15, 0.2) is 24.3 Å². The summed E-state index contributed by atoms with van der Waals surface area (Å²) in [6.45, 7) is 16.2. The summed E-state index contributed by atoms with van der Waals surface area (Å²) in [5, 5.41) is 0. The summed E-state index contributed by atoms with van der Waals surface area (Å²) in [7, 11) is -0.367. The first-order chi connectivity index (χ1) is 13.9. The van der Waals surface area contributed by atoms with E-state index in [0.29, 0.717) is 12.3 Å². The first-order valence-corrected chi connectivity index (χ1v) is 11.2. The van der Waals surface area contributed by atoms with E-state index in [1.54, 1.807) is 0 Å². The number of esters is 1. The van der Waals surface area contributed by atoms with Crippen LogP contribution in [0.25, 0.3) is 0 Å². The van der Waals surface area contributed by atoms with Gasteiger partial charge in [0.1, 0.15) is 6.10 Å². The standard InChI is InChI=1S/C24H37BO5/c1-9-20-15(2)16(3)22(27-17(4)26)21(28-20)14-18-10-12-19(13-11-18)25-29-23(5,6)24(7,8)30-25/h10-13,15-16,20-22H,9,14H2,1-8H3/t15-,16-,20+,21+,22-/m0/s1. The lowest BCUT2D eigenvalue weighted by Gasteiger charge is -2.44. The van der Waals surface area contributed by atoms with Crippen LogP contribution in [0, 0.1) is 11.8 Å². The summed E-state index contributed by atoms with van der Waals surface area (Å²) in [4.78, 5) is 11.7. The Balaban J connectivity index is 1.74. The van der Waals surface area contributed by atoms with E-state index in [9.17, 15) is 4.79 Å². The molecule has 0 bridgehead atoms. The molecule has 0 unspecified atom stereocenters. The molecule has 0 saturated carbocycles. The molecule has 166 valence electrons. The van der Waals surface area contributed by atoms with Gasteiger partial charge in [0, 0.05) is 19.3 Å². The molecule has 3 rings (SSSR count). The van der Waals surface area contributed by atoms with Crippen molar-refractivity contribution < 1.29 is 23.6 Å². The minimum atomic E-state index is -0.367. The van der Waals surface area contributed by atoms with Crippen molar-refractivity contribution in [1.82, 2.24) is 0 Å². The van der Waals surface area contributed by atoms with Crippen LogP contribution in [0.2, 0.25) is 0 Å². The normalized spacial score (nSPS) is 32.8. The van der Waals surface area contributed by atoms with Gasteiger partial charge in [-0.15, -0.1) is 0 Å². The van der Waals surface area contributed by atoms with E-state index in [4.69, 9.17) is 18.8 Å². The van der Waals surface area contributed by atoms with Gasteiger partial charge in [0.15, 0.2) is 0 Å². The highest BCUT2D eigenvalue weighted by Crippen LogP contribution is 2.37. The van der Waals surface area contributed by atoms with E-state index in [2.05, 4.69) is 72.7 Å². The summed E-state index contributed by atoms with van der Waals surface area (Å²) in [6.07, 6.45) is 1.46. The van der Waals surface area contributed by atoms with Crippen LogP contribution in [-0.4, -0.2) is 42.6 Å². The lowest BCUT2D eigenvalue weighted by molar-refractivity contribution is -0.194. The second kappa shape index (κ2) is 8.64. The van der Waals surface area contributed by atoms with Gasteiger partial charge in [0.05, 0.1) is 23.4 Å². The Morgan fingerprint density at radius 2 is 1.57 bits per heavy atom. The van der Waals surface area contributed by atoms with E-state index in [1.807, 2.05) is 0 Å². The number of carbonyl (C=O) groups excluding carboxylic acids is 1. The summed E-state index contributed by atoms with van der Waals surface area (Å²) in [5.74, 6) is 0.349. The summed E-state index contributed by atoms with van der Waals surface area (Å²) in [6, 6.07) is 8.31. The topological polar surface area (TPSA) is 54.0 Å². The van der Waals surface area contributed by atoms with Crippen molar-refractivity contribution in [3.05, 3.63) is 29.8 Å². The van der Waals surface area contributed by atoms with Crippen molar-refractivity contribution in [2.45, 2.75) is 97.7 Å². The molecule has 2 heterocycles. The minimum Gasteiger partial charge on any atom is -0.459 e. The first-order valence-electron chi connectivity index (χ1n) is 11.2. The minimum absolute atomic E-state index is 0.146. The number of rotatable bonds is 5. The number of carbonyl (C=O) groups is 1. The Morgan fingerprint density at radius 3 is 2.07 bits per heavy atom. The van der Waals surface area contributed by atoms with Crippen LogP contribution in [-0.2, 0) is 30.0 Å². The van der Waals surface area contributed by atoms with Crippen LogP contribution in [0.5, 0.6) is 0 Å². The van der Waals surface area contributed by atoms with Gasteiger partial charge < -0.3 is 18.8 Å². The maximum absolute atomic E-state index is 11.7. The van der Waals surface area contributed by atoms with Crippen LogP contribution in [0.1, 0.15) is 67.4 Å². The van der Waals surface area contributed by atoms with Gasteiger partial charge in [0.2, 0.25) is 0 Å². The highest BCUT2D eigenvalue weighted by atomic mass is 16.7. The largest absolute Gasteiger partial charge is 0.494 e. The van der Waals surface area contributed by atoms with E-state index in [0.717, 1.165) is 17.4 Å². The van der Waals surface area contributed by atoms with Gasteiger partial charge in [0.25, 0.3) is 0 Å². The van der Waals surface area contributed by atoms with Gasteiger partial charge in [-0.3, -0.25) is 4.79 Å².